The Bertz CT molecular complexity index is 431. The number of nitrogens with zero attached hydrogens (tertiary/aromatic N) is 3. The molecule has 0 bridgehead atoms. The van der Waals surface area contributed by atoms with Gasteiger partial charge in [0.2, 0.25) is 0 Å². The van der Waals surface area contributed by atoms with Crippen LogP contribution in [-0.4, -0.2) is 30.8 Å². The van der Waals surface area contributed by atoms with Crippen molar-refractivity contribution in [1.82, 2.24) is 14.8 Å². The molecule has 2 rings (SSSR count). The van der Waals surface area contributed by atoms with Crippen LogP contribution in [0, 0.1) is 0 Å². The third-order valence-corrected chi connectivity index (χ3v) is 2.55. The Hall–Kier alpha value is -1.03. The van der Waals surface area contributed by atoms with Gasteiger partial charge in [0, 0.05) is 0 Å². The van der Waals surface area contributed by atoms with Gasteiger partial charge in [0.05, 0.1) is 0 Å². The van der Waals surface area contributed by atoms with Gasteiger partial charge in [-0.2, -0.15) is 0 Å². The Morgan fingerprint density at radius 2 is 1.86 bits per heavy atom. The van der Waals surface area contributed by atoms with E-state index in [1.54, 1.807) is 16.7 Å². The zero-order chi connectivity index (χ0) is 10.1. The number of rotatable bonds is 1. The van der Waals surface area contributed by atoms with Gasteiger partial charge in [0.1, 0.15) is 0 Å². The van der Waals surface area contributed by atoms with Crippen LogP contribution in [0.3, 0.4) is 0 Å². The number of aromatic nitrogens is 3. The maximum absolute atomic E-state index is 5.77. The summed E-state index contributed by atoms with van der Waals surface area (Å²) in [6, 6.07) is 7.28. The molecule has 1 aromatic heterocycles. The molecule has 0 saturated carbocycles. The number of halogens is 1. The molecule has 2 N–H and O–H groups in total. The van der Waals surface area contributed by atoms with Gasteiger partial charge in [-0.15, -0.1) is 0 Å². The van der Waals surface area contributed by atoms with E-state index in [9.17, 15) is 0 Å². The number of hydrogen-bond donors (Lipinski definition) is 1. The van der Waals surface area contributed by atoms with Crippen LogP contribution in [0.1, 0.15) is 0 Å². The van der Waals surface area contributed by atoms with Crippen molar-refractivity contribution in [3.63, 3.8) is 0 Å². The number of nitrogen functional groups attached to an aromatic ring is 1. The fourth-order valence-electron chi connectivity index (χ4n) is 1.11. The summed E-state index contributed by atoms with van der Waals surface area (Å²) in [5.41, 5.74) is 6.53. The summed E-state index contributed by atoms with van der Waals surface area (Å²) < 4.78 is 2.33. The van der Waals surface area contributed by atoms with Crippen LogP contribution in [-0.2, 0) is 0 Å². The Morgan fingerprint density at radius 1 is 1.21 bits per heavy atom. The Morgan fingerprint density at radius 3 is 2.36 bits per heavy atom. The monoisotopic (exact) mass is 273 g/mol. The Balaban J connectivity index is 2.54. The second-order valence-electron chi connectivity index (χ2n) is 2.65. The van der Waals surface area contributed by atoms with Crippen molar-refractivity contribution in [3.05, 3.63) is 29.3 Å². The van der Waals surface area contributed by atoms with E-state index >= 15 is 0 Å². The summed E-state index contributed by atoms with van der Waals surface area (Å²) in [7, 11) is 0. The van der Waals surface area contributed by atoms with Gasteiger partial charge < -0.3 is 0 Å². The van der Waals surface area contributed by atoms with E-state index in [1.807, 2.05) is 12.1 Å². The number of benzene rings is 1. The van der Waals surface area contributed by atoms with Crippen molar-refractivity contribution >= 4 is 38.3 Å². The summed E-state index contributed by atoms with van der Waals surface area (Å²) in [4.78, 5) is 0. The molecule has 0 atom stereocenters. The third-order valence-electron chi connectivity index (χ3n) is 1.74. The number of hydrogen-bond acceptors (Lipinski definition) is 3. The second kappa shape index (κ2) is 3.61. The number of anilines is 1. The van der Waals surface area contributed by atoms with Gasteiger partial charge in [0.25, 0.3) is 0 Å². The van der Waals surface area contributed by atoms with Crippen LogP contribution < -0.4 is 10.5 Å². The molecule has 14 heavy (non-hydrogen) atoms. The molecule has 2 aromatic rings. The van der Waals surface area contributed by atoms with Gasteiger partial charge in [0.15, 0.2) is 0 Å². The van der Waals surface area contributed by atoms with Crippen LogP contribution in [0.4, 0.5) is 5.95 Å². The fourth-order valence-corrected chi connectivity index (χ4v) is 1.74. The molecule has 6 heteroatoms. The molecule has 0 fully saturated rings. The van der Waals surface area contributed by atoms with Gasteiger partial charge in [-0.3, -0.25) is 0 Å². The predicted molar refractivity (Wildman–Crippen MR) is 56.2 cm³/mol. The quantitative estimate of drug-likeness (QED) is 0.760. The van der Waals surface area contributed by atoms with E-state index in [1.165, 1.54) is 0 Å². The van der Waals surface area contributed by atoms with E-state index in [-0.39, 0.29) is 0 Å². The molecule has 0 saturated heterocycles. The third kappa shape index (κ3) is 1.62. The maximum atomic E-state index is 5.77. The first-order chi connectivity index (χ1) is 6.68. The summed E-state index contributed by atoms with van der Waals surface area (Å²) >= 11 is 8.55. The molecular weight excluding hydrogens is 267 g/mol. The molecule has 0 unspecified atom stereocenters. The van der Waals surface area contributed by atoms with Gasteiger partial charge in [-0.25, -0.2) is 0 Å². The average molecular weight is 273 g/mol. The van der Waals surface area contributed by atoms with Crippen LogP contribution in [0.2, 0.25) is 5.02 Å². The molecular formula is C8H6ClN4Se. The van der Waals surface area contributed by atoms with Crippen LogP contribution in [0.25, 0.3) is 5.69 Å². The van der Waals surface area contributed by atoms with Crippen LogP contribution in [0.15, 0.2) is 24.3 Å². The molecule has 4 nitrogen and oxygen atoms in total. The van der Waals surface area contributed by atoms with Crippen molar-refractivity contribution in [1.29, 1.82) is 0 Å². The minimum atomic E-state index is 0.348. The molecule has 0 aliphatic rings. The molecule has 0 aliphatic heterocycles. The topological polar surface area (TPSA) is 56.7 Å². The van der Waals surface area contributed by atoms with Crippen molar-refractivity contribution in [2.24, 2.45) is 0 Å². The van der Waals surface area contributed by atoms with E-state index in [0.717, 1.165) is 5.69 Å². The van der Waals surface area contributed by atoms with E-state index in [2.05, 4.69) is 26.2 Å². The molecule has 1 heterocycles. The molecule has 0 amide bonds. The normalized spacial score (nSPS) is 10.4. The summed E-state index contributed by atoms with van der Waals surface area (Å²) in [6.45, 7) is 0. The first kappa shape index (κ1) is 9.52. The van der Waals surface area contributed by atoms with Crippen LogP contribution in [0.5, 0.6) is 0 Å². The SMILES string of the molecule is Nc1nnc([Se])n1-c1ccc(Cl)cc1. The summed E-state index contributed by atoms with van der Waals surface area (Å²) in [6.07, 6.45) is 0. The van der Waals surface area contributed by atoms with Crippen molar-refractivity contribution in [3.8, 4) is 5.69 Å². The van der Waals surface area contributed by atoms with Crippen molar-refractivity contribution < 1.29 is 0 Å². The molecule has 1 radical (unpaired) electrons. The minimum absolute atomic E-state index is 0.348. The van der Waals surface area contributed by atoms with Gasteiger partial charge in [-0.1, -0.05) is 0 Å². The van der Waals surface area contributed by atoms with E-state index in [4.69, 9.17) is 17.3 Å². The van der Waals surface area contributed by atoms with E-state index in [0.29, 0.717) is 15.7 Å². The zero-order valence-electron chi connectivity index (χ0n) is 7.01. The predicted octanol–water partition coefficient (Wildman–Crippen LogP) is 0.297. The molecule has 0 aliphatic carbocycles. The first-order valence-electron chi connectivity index (χ1n) is 3.82. The van der Waals surface area contributed by atoms with Crippen LogP contribution >= 0.6 is 11.6 Å². The summed E-state index contributed by atoms with van der Waals surface area (Å²) in [5, 5.41) is 8.24. The van der Waals surface area contributed by atoms with Crippen molar-refractivity contribution in [2.45, 2.75) is 0 Å². The summed E-state index contributed by atoms with van der Waals surface area (Å²) in [5.74, 6) is 0.348. The molecule has 71 valence electrons. The average Bonchev–Trinajstić information content (AvgIpc) is 2.49. The molecule has 0 spiro atoms. The standard InChI is InChI=1S/C8H6ClN4Se/c9-5-1-3-6(4-2-5)13-7(10)11-12-8(13)14/h1-4H,(H2,10,11). The van der Waals surface area contributed by atoms with E-state index < -0.39 is 0 Å². The van der Waals surface area contributed by atoms with Gasteiger partial charge in [-0.05, 0) is 0 Å². The van der Waals surface area contributed by atoms with Crippen molar-refractivity contribution in [2.75, 3.05) is 5.73 Å². The fraction of sp³-hybridized carbons (Fsp3) is 0. The Kier molecular flexibility index (Phi) is 2.46. The number of nitrogens with two attached hydrogens (primary N) is 1. The first-order valence-corrected chi connectivity index (χ1v) is 5.06. The van der Waals surface area contributed by atoms with Gasteiger partial charge >= 0.3 is 93.8 Å². The molecule has 1 aromatic carbocycles. The second-order valence-corrected chi connectivity index (χ2v) is 3.86. The zero-order valence-corrected chi connectivity index (χ0v) is 9.48. The Labute approximate surface area is 93.9 Å².